The van der Waals surface area contributed by atoms with Crippen molar-refractivity contribution in [3.8, 4) is 0 Å². The molecular weight excluding hydrogens is 342 g/mol. The summed E-state index contributed by atoms with van der Waals surface area (Å²) in [6, 6.07) is 7.65. The first-order valence-electron chi connectivity index (χ1n) is 7.26. The van der Waals surface area contributed by atoms with Gasteiger partial charge in [-0.15, -0.1) is 0 Å². The normalized spacial score (nSPS) is 11.7. The van der Waals surface area contributed by atoms with E-state index in [2.05, 4.69) is 34.8 Å². The van der Waals surface area contributed by atoms with Crippen LogP contribution in [-0.4, -0.2) is 35.9 Å². The van der Waals surface area contributed by atoms with E-state index >= 15 is 0 Å². The maximum Gasteiger partial charge on any atom is 0.254 e. The van der Waals surface area contributed by atoms with E-state index in [0.29, 0.717) is 18.7 Å². The van der Waals surface area contributed by atoms with Gasteiger partial charge in [-0.1, -0.05) is 35.8 Å². The molecule has 1 aromatic heterocycles. The van der Waals surface area contributed by atoms with Crippen LogP contribution in [0.15, 0.2) is 28.7 Å². The van der Waals surface area contributed by atoms with E-state index in [4.69, 9.17) is 5.73 Å². The fourth-order valence-corrected chi connectivity index (χ4v) is 2.84. The van der Waals surface area contributed by atoms with Crippen LogP contribution in [0.3, 0.4) is 0 Å². The van der Waals surface area contributed by atoms with E-state index in [0.717, 1.165) is 21.1 Å². The van der Waals surface area contributed by atoms with Gasteiger partial charge >= 0.3 is 0 Å². The molecule has 1 heterocycles. The number of halogens is 1. The summed E-state index contributed by atoms with van der Waals surface area (Å²) in [6.07, 6.45) is 0. The van der Waals surface area contributed by atoms with Crippen LogP contribution in [0.25, 0.3) is 10.9 Å². The van der Waals surface area contributed by atoms with Crippen molar-refractivity contribution in [2.75, 3.05) is 20.1 Å². The smallest absolute Gasteiger partial charge is 0.254 e. The molecule has 2 rings (SSSR count). The first-order chi connectivity index (χ1) is 10.2. The number of benzene rings is 1. The molecule has 0 aliphatic rings. The number of hydrogen-bond donors (Lipinski definition) is 1. The average molecular weight is 364 g/mol. The number of hydrogen-bond acceptors (Lipinski definition) is 3. The summed E-state index contributed by atoms with van der Waals surface area (Å²) in [4.78, 5) is 19.1. The number of pyridine rings is 1. The molecule has 0 saturated heterocycles. The lowest BCUT2D eigenvalue weighted by Crippen LogP contribution is -2.39. The second kappa shape index (κ2) is 6.34. The first kappa shape index (κ1) is 16.9. The Morgan fingerprint density at radius 3 is 2.68 bits per heavy atom. The summed E-state index contributed by atoms with van der Waals surface area (Å²) in [5.74, 6) is -0.000604. The molecule has 5 heteroatoms. The zero-order valence-electron chi connectivity index (χ0n) is 13.5. The molecular formula is C17H22BrN3O. The minimum absolute atomic E-state index is 0.000604. The zero-order valence-corrected chi connectivity index (χ0v) is 15.1. The van der Waals surface area contributed by atoms with Crippen LogP contribution in [0.5, 0.6) is 0 Å². The van der Waals surface area contributed by atoms with Crippen molar-refractivity contribution in [2.45, 2.75) is 20.8 Å². The molecule has 0 aliphatic heterocycles. The maximum absolute atomic E-state index is 12.8. The maximum atomic E-state index is 12.8. The molecule has 22 heavy (non-hydrogen) atoms. The molecule has 0 aliphatic carbocycles. The van der Waals surface area contributed by atoms with Crippen LogP contribution in [0.1, 0.15) is 29.9 Å². The number of rotatable bonds is 4. The highest BCUT2D eigenvalue weighted by Crippen LogP contribution is 2.24. The molecule has 0 atom stereocenters. The van der Waals surface area contributed by atoms with Crippen molar-refractivity contribution in [2.24, 2.45) is 11.1 Å². The first-order valence-corrected chi connectivity index (χ1v) is 8.05. The van der Waals surface area contributed by atoms with Crippen LogP contribution in [0.2, 0.25) is 0 Å². The number of nitrogens with two attached hydrogens (primary N) is 1. The standard InChI is InChI=1S/C17H22BrN3O/c1-11-7-14(13-6-5-12(18)8-15(13)20-11)16(22)21(4)10-17(2,3)9-19/h5-8H,9-10,19H2,1-4H3. The Bertz CT molecular complexity index is 707. The van der Waals surface area contributed by atoms with E-state index in [-0.39, 0.29) is 11.3 Å². The zero-order chi connectivity index (χ0) is 16.5. The number of nitrogens with zero attached hydrogens (tertiary/aromatic N) is 2. The van der Waals surface area contributed by atoms with Crippen molar-refractivity contribution < 1.29 is 4.79 Å². The van der Waals surface area contributed by atoms with Crippen LogP contribution in [0, 0.1) is 12.3 Å². The van der Waals surface area contributed by atoms with Crippen LogP contribution in [-0.2, 0) is 0 Å². The predicted molar refractivity (Wildman–Crippen MR) is 94.0 cm³/mol. The summed E-state index contributed by atoms with van der Waals surface area (Å²) in [6.45, 7) is 7.17. The molecule has 0 fully saturated rings. The third-order valence-corrected chi connectivity index (χ3v) is 4.19. The van der Waals surface area contributed by atoms with Crippen molar-refractivity contribution in [3.05, 3.63) is 40.0 Å². The van der Waals surface area contributed by atoms with Crippen molar-refractivity contribution in [3.63, 3.8) is 0 Å². The van der Waals surface area contributed by atoms with Crippen molar-refractivity contribution >= 4 is 32.7 Å². The Morgan fingerprint density at radius 2 is 2.05 bits per heavy atom. The highest BCUT2D eigenvalue weighted by atomic mass is 79.9. The minimum atomic E-state index is -0.106. The van der Waals surface area contributed by atoms with Gasteiger partial charge in [0.1, 0.15) is 0 Å². The second-order valence-corrected chi connectivity index (χ2v) is 7.42. The van der Waals surface area contributed by atoms with Crippen molar-refractivity contribution in [1.29, 1.82) is 0 Å². The highest BCUT2D eigenvalue weighted by Gasteiger charge is 2.23. The van der Waals surface area contributed by atoms with Gasteiger partial charge in [-0.2, -0.15) is 0 Å². The fraction of sp³-hybridized carbons (Fsp3) is 0.412. The lowest BCUT2D eigenvalue weighted by Gasteiger charge is -2.29. The van der Waals surface area contributed by atoms with Gasteiger partial charge < -0.3 is 10.6 Å². The van der Waals surface area contributed by atoms with E-state index in [9.17, 15) is 4.79 Å². The van der Waals surface area contributed by atoms with Gasteiger partial charge in [0.05, 0.1) is 11.1 Å². The Labute approximate surface area is 139 Å². The van der Waals surface area contributed by atoms with E-state index in [1.807, 2.05) is 38.2 Å². The summed E-state index contributed by atoms with van der Waals surface area (Å²) >= 11 is 3.45. The molecule has 4 nitrogen and oxygen atoms in total. The van der Waals surface area contributed by atoms with E-state index < -0.39 is 0 Å². The number of aromatic nitrogens is 1. The molecule has 0 unspecified atom stereocenters. The highest BCUT2D eigenvalue weighted by molar-refractivity contribution is 9.10. The van der Waals surface area contributed by atoms with Gasteiger partial charge in [-0.05, 0) is 37.1 Å². The van der Waals surface area contributed by atoms with E-state index in [1.165, 1.54) is 0 Å². The molecule has 1 amide bonds. The number of carbonyl (C=O) groups excluding carboxylic acids is 1. The number of fused-ring (bicyclic) bond motifs is 1. The van der Waals surface area contributed by atoms with Gasteiger partial charge in [0.25, 0.3) is 5.91 Å². The fourth-order valence-electron chi connectivity index (χ4n) is 2.49. The molecule has 2 aromatic rings. The SMILES string of the molecule is Cc1cc(C(=O)N(C)CC(C)(C)CN)c2ccc(Br)cc2n1. The Balaban J connectivity index is 2.43. The van der Waals surface area contributed by atoms with Gasteiger partial charge in [-0.25, -0.2) is 0 Å². The van der Waals surface area contributed by atoms with Crippen LogP contribution >= 0.6 is 15.9 Å². The van der Waals surface area contributed by atoms with E-state index in [1.54, 1.807) is 4.90 Å². The minimum Gasteiger partial charge on any atom is -0.341 e. The van der Waals surface area contributed by atoms with Gasteiger partial charge in [0.15, 0.2) is 0 Å². The van der Waals surface area contributed by atoms with Crippen molar-refractivity contribution in [1.82, 2.24) is 9.88 Å². The van der Waals surface area contributed by atoms with Crippen LogP contribution in [0.4, 0.5) is 0 Å². The van der Waals surface area contributed by atoms with Gasteiger partial charge in [0, 0.05) is 29.1 Å². The monoisotopic (exact) mass is 363 g/mol. The Hall–Kier alpha value is -1.46. The summed E-state index contributed by atoms with van der Waals surface area (Å²) in [7, 11) is 1.82. The van der Waals surface area contributed by atoms with Crippen LogP contribution < -0.4 is 5.73 Å². The molecule has 0 saturated carbocycles. The third-order valence-electron chi connectivity index (χ3n) is 3.69. The predicted octanol–water partition coefficient (Wildman–Crippen LogP) is 3.36. The number of amides is 1. The third kappa shape index (κ3) is 3.65. The molecule has 0 radical (unpaired) electrons. The topological polar surface area (TPSA) is 59.2 Å². The van der Waals surface area contributed by atoms with Gasteiger partial charge in [-0.3, -0.25) is 9.78 Å². The molecule has 0 spiro atoms. The second-order valence-electron chi connectivity index (χ2n) is 6.50. The molecule has 2 N–H and O–H groups in total. The summed E-state index contributed by atoms with van der Waals surface area (Å²) in [5.41, 5.74) is 8.01. The number of aryl methyl sites for hydroxylation is 1. The Morgan fingerprint density at radius 1 is 1.36 bits per heavy atom. The lowest BCUT2D eigenvalue weighted by atomic mass is 9.93. The Kier molecular flexibility index (Phi) is 4.87. The summed E-state index contributed by atoms with van der Waals surface area (Å²) in [5, 5.41) is 0.871. The molecule has 0 bridgehead atoms. The lowest BCUT2D eigenvalue weighted by molar-refractivity contribution is 0.0742. The largest absolute Gasteiger partial charge is 0.341 e. The average Bonchev–Trinajstić information content (AvgIpc) is 2.44. The quantitative estimate of drug-likeness (QED) is 0.905. The molecule has 118 valence electrons. The van der Waals surface area contributed by atoms with Gasteiger partial charge in [0.2, 0.25) is 0 Å². The number of carbonyl (C=O) groups is 1. The molecule has 1 aromatic carbocycles. The summed E-state index contributed by atoms with van der Waals surface area (Å²) < 4.78 is 0.953.